The van der Waals surface area contributed by atoms with Gasteiger partial charge in [0.15, 0.2) is 0 Å². The minimum atomic E-state index is 0.0625. The molecule has 1 unspecified atom stereocenters. The van der Waals surface area contributed by atoms with Gasteiger partial charge in [-0.1, -0.05) is 13.3 Å². The van der Waals surface area contributed by atoms with Gasteiger partial charge in [0.2, 0.25) is 5.91 Å². The number of thioether (sulfide) groups is 1. The van der Waals surface area contributed by atoms with E-state index in [-0.39, 0.29) is 6.04 Å². The molecule has 0 aromatic heterocycles. The molecule has 21 heavy (non-hydrogen) atoms. The molecule has 4 nitrogen and oxygen atoms in total. The monoisotopic (exact) mass is 313 g/mol. The quantitative estimate of drug-likeness (QED) is 0.809. The zero-order valence-electron chi connectivity index (χ0n) is 13.6. The summed E-state index contributed by atoms with van der Waals surface area (Å²) >= 11 is 1.90. The highest BCUT2D eigenvalue weighted by molar-refractivity contribution is 7.99. The number of nitrogens with one attached hydrogen (secondary N) is 1. The van der Waals surface area contributed by atoms with E-state index in [1.54, 1.807) is 0 Å². The Kier molecular flexibility index (Phi) is 7.34. The van der Waals surface area contributed by atoms with Crippen molar-refractivity contribution in [3.8, 4) is 0 Å². The van der Waals surface area contributed by atoms with Gasteiger partial charge in [0.25, 0.3) is 0 Å². The fourth-order valence-electron chi connectivity index (χ4n) is 3.24. The van der Waals surface area contributed by atoms with E-state index in [0.29, 0.717) is 5.91 Å². The Labute approximate surface area is 134 Å². The topological polar surface area (TPSA) is 35.6 Å². The number of rotatable bonds is 6. The van der Waals surface area contributed by atoms with Crippen LogP contribution in [0.4, 0.5) is 0 Å². The maximum atomic E-state index is 12.5. The number of piperidine rings is 1. The summed E-state index contributed by atoms with van der Waals surface area (Å²) in [4.78, 5) is 17.0. The smallest absolute Gasteiger partial charge is 0.240 e. The second-order valence-electron chi connectivity index (χ2n) is 6.47. The molecule has 2 aliphatic rings. The van der Waals surface area contributed by atoms with Gasteiger partial charge in [-0.15, -0.1) is 0 Å². The van der Waals surface area contributed by atoms with Crippen LogP contribution < -0.4 is 5.32 Å². The van der Waals surface area contributed by atoms with Gasteiger partial charge in [-0.3, -0.25) is 4.79 Å². The van der Waals surface area contributed by atoms with Gasteiger partial charge in [0.05, 0.1) is 6.04 Å². The van der Waals surface area contributed by atoms with Crippen molar-refractivity contribution in [2.24, 2.45) is 5.92 Å². The van der Waals surface area contributed by atoms with E-state index in [9.17, 15) is 4.79 Å². The van der Waals surface area contributed by atoms with Gasteiger partial charge in [-0.2, -0.15) is 11.8 Å². The van der Waals surface area contributed by atoms with Crippen LogP contribution in [-0.4, -0.2) is 73.0 Å². The average molecular weight is 314 g/mol. The number of amides is 1. The molecule has 0 aromatic rings. The average Bonchev–Trinajstić information content (AvgIpc) is 2.54. The van der Waals surface area contributed by atoms with Crippen LogP contribution in [0.5, 0.6) is 0 Å². The molecule has 2 fully saturated rings. The predicted octanol–water partition coefficient (Wildman–Crippen LogP) is 1.66. The third-order valence-corrected chi connectivity index (χ3v) is 5.67. The van der Waals surface area contributed by atoms with Gasteiger partial charge < -0.3 is 15.1 Å². The van der Waals surface area contributed by atoms with Crippen LogP contribution >= 0.6 is 11.8 Å². The largest absolute Gasteiger partial charge is 0.341 e. The number of nitrogens with zero attached hydrogens (tertiary/aromatic N) is 2. The summed E-state index contributed by atoms with van der Waals surface area (Å²) in [5.74, 6) is 3.18. The molecule has 1 N–H and O–H groups in total. The van der Waals surface area contributed by atoms with Crippen molar-refractivity contribution in [1.82, 2.24) is 15.1 Å². The second kappa shape index (κ2) is 9.01. The van der Waals surface area contributed by atoms with Crippen molar-refractivity contribution in [2.45, 2.75) is 38.6 Å². The number of likely N-dealkylation sites (tertiary alicyclic amines) is 1. The molecular formula is C16H31N3OS. The van der Waals surface area contributed by atoms with Crippen molar-refractivity contribution < 1.29 is 4.79 Å². The Balaban J connectivity index is 1.68. The van der Waals surface area contributed by atoms with Crippen molar-refractivity contribution in [3.05, 3.63) is 0 Å². The number of hydrogen-bond donors (Lipinski definition) is 1. The first-order chi connectivity index (χ1) is 10.2. The molecule has 0 saturated carbocycles. The summed E-state index contributed by atoms with van der Waals surface area (Å²) in [6.45, 7) is 7.52. The molecule has 0 aliphatic carbocycles. The fourth-order valence-corrected chi connectivity index (χ4v) is 4.17. The highest BCUT2D eigenvalue weighted by Crippen LogP contribution is 2.20. The van der Waals surface area contributed by atoms with E-state index in [2.05, 4.69) is 29.1 Å². The maximum absolute atomic E-state index is 12.5. The molecule has 0 aromatic carbocycles. The molecule has 2 saturated heterocycles. The summed E-state index contributed by atoms with van der Waals surface area (Å²) in [7, 11) is 2.23. The lowest BCUT2D eigenvalue weighted by molar-refractivity contribution is -0.134. The Morgan fingerprint density at radius 2 is 2.14 bits per heavy atom. The highest BCUT2D eigenvalue weighted by Gasteiger charge is 2.29. The Morgan fingerprint density at radius 3 is 2.76 bits per heavy atom. The predicted molar refractivity (Wildman–Crippen MR) is 90.8 cm³/mol. The Morgan fingerprint density at radius 1 is 1.38 bits per heavy atom. The summed E-state index contributed by atoms with van der Waals surface area (Å²) in [5.41, 5.74) is 0. The van der Waals surface area contributed by atoms with Crippen LogP contribution in [0.25, 0.3) is 0 Å². The number of carbonyl (C=O) groups excluding carboxylic acids is 1. The lowest BCUT2D eigenvalue weighted by Gasteiger charge is -2.36. The van der Waals surface area contributed by atoms with Crippen LogP contribution in [-0.2, 0) is 4.79 Å². The van der Waals surface area contributed by atoms with Crippen LogP contribution in [0, 0.1) is 5.92 Å². The summed E-state index contributed by atoms with van der Waals surface area (Å²) in [5, 5.41) is 3.36. The van der Waals surface area contributed by atoms with E-state index in [4.69, 9.17) is 0 Å². The molecular weight excluding hydrogens is 282 g/mol. The molecule has 0 radical (unpaired) electrons. The van der Waals surface area contributed by atoms with E-state index >= 15 is 0 Å². The van der Waals surface area contributed by atoms with Crippen LogP contribution in [0.15, 0.2) is 0 Å². The molecule has 5 heteroatoms. The molecule has 0 bridgehead atoms. The molecule has 2 aliphatic heterocycles. The molecule has 1 atom stereocenters. The van der Waals surface area contributed by atoms with E-state index in [0.717, 1.165) is 37.1 Å². The summed E-state index contributed by atoms with van der Waals surface area (Å²) in [6, 6.07) is 0.0625. The van der Waals surface area contributed by atoms with Crippen molar-refractivity contribution >= 4 is 17.7 Å². The first kappa shape index (κ1) is 17.1. The van der Waals surface area contributed by atoms with Crippen LogP contribution in [0.1, 0.15) is 32.6 Å². The summed E-state index contributed by atoms with van der Waals surface area (Å²) < 4.78 is 0. The normalized spacial score (nSPS) is 24.5. The molecule has 2 rings (SSSR count). The van der Waals surface area contributed by atoms with Crippen molar-refractivity contribution in [1.29, 1.82) is 0 Å². The molecule has 2 heterocycles. The highest BCUT2D eigenvalue weighted by atomic mass is 32.2. The van der Waals surface area contributed by atoms with Crippen molar-refractivity contribution in [2.75, 3.05) is 51.3 Å². The van der Waals surface area contributed by atoms with Gasteiger partial charge in [0, 0.05) is 37.7 Å². The lowest BCUT2D eigenvalue weighted by atomic mass is 9.95. The van der Waals surface area contributed by atoms with Crippen LogP contribution in [0.3, 0.4) is 0 Å². The minimum absolute atomic E-state index is 0.0625. The van der Waals surface area contributed by atoms with E-state index in [1.165, 1.54) is 38.8 Å². The number of hydrogen-bond acceptors (Lipinski definition) is 4. The fraction of sp³-hybridized carbons (Fsp3) is 0.938. The van der Waals surface area contributed by atoms with Gasteiger partial charge in [-0.25, -0.2) is 0 Å². The van der Waals surface area contributed by atoms with E-state index in [1.807, 2.05) is 11.8 Å². The molecule has 0 spiro atoms. The van der Waals surface area contributed by atoms with Gasteiger partial charge in [-0.05, 0) is 38.8 Å². The minimum Gasteiger partial charge on any atom is -0.341 e. The van der Waals surface area contributed by atoms with Gasteiger partial charge in [0.1, 0.15) is 0 Å². The SMILES string of the molecule is CCCCN(C)CC1CCN(C(=O)C2CSCCN2)CC1. The number of carbonyl (C=O) groups is 1. The Hall–Kier alpha value is -0.260. The Bertz CT molecular complexity index is 313. The molecule has 122 valence electrons. The molecule has 1 amide bonds. The number of unbranched alkanes of at least 4 members (excludes halogenated alkanes) is 1. The lowest BCUT2D eigenvalue weighted by Crippen LogP contribution is -2.52. The first-order valence-corrected chi connectivity index (χ1v) is 9.64. The van der Waals surface area contributed by atoms with Crippen molar-refractivity contribution in [3.63, 3.8) is 0 Å². The third kappa shape index (κ3) is 5.46. The summed E-state index contributed by atoms with van der Waals surface area (Å²) in [6.07, 6.45) is 4.90. The zero-order valence-corrected chi connectivity index (χ0v) is 14.5. The van der Waals surface area contributed by atoms with Crippen LogP contribution in [0.2, 0.25) is 0 Å². The maximum Gasteiger partial charge on any atom is 0.240 e. The standard InChI is InChI=1S/C16H31N3OS/c1-3-4-8-18(2)12-14-5-9-19(10-6-14)16(20)15-13-21-11-7-17-15/h14-15,17H,3-13H2,1-2H3. The van der Waals surface area contributed by atoms with Gasteiger partial charge >= 0.3 is 0 Å². The zero-order chi connectivity index (χ0) is 15.1. The third-order valence-electron chi connectivity index (χ3n) is 4.61. The second-order valence-corrected chi connectivity index (χ2v) is 7.62. The first-order valence-electron chi connectivity index (χ1n) is 8.49. The van der Waals surface area contributed by atoms with E-state index < -0.39 is 0 Å².